The van der Waals surface area contributed by atoms with Gasteiger partial charge in [0.15, 0.2) is 0 Å². The van der Waals surface area contributed by atoms with Crippen LogP contribution in [0.4, 0.5) is 11.6 Å². The molecule has 182 valence electrons. The maximum Gasteiger partial charge on any atom is 0.135 e. The van der Waals surface area contributed by atoms with Gasteiger partial charge in [-0.1, -0.05) is 12.5 Å². The molecule has 5 heterocycles. The van der Waals surface area contributed by atoms with E-state index in [-0.39, 0.29) is 0 Å². The Hall–Kier alpha value is -2.29. The lowest BCUT2D eigenvalue weighted by Crippen LogP contribution is -2.52. The topological polar surface area (TPSA) is 60.9 Å². The summed E-state index contributed by atoms with van der Waals surface area (Å²) in [5.41, 5.74) is 3.83. The molecule has 3 fully saturated rings. The summed E-state index contributed by atoms with van der Waals surface area (Å²) in [6.07, 6.45) is 9.04. The van der Waals surface area contributed by atoms with Gasteiger partial charge in [-0.3, -0.25) is 9.80 Å². The lowest BCUT2D eigenvalue weighted by atomic mass is 9.91. The molecule has 6 rings (SSSR count). The lowest BCUT2D eigenvalue weighted by molar-refractivity contribution is 0.120. The largest absolute Gasteiger partial charge is 0.378 e. The van der Waals surface area contributed by atoms with Gasteiger partial charge in [-0.05, 0) is 37.8 Å². The number of pyridine rings is 1. The third-order valence-electron chi connectivity index (χ3n) is 8.35. The fourth-order valence-corrected chi connectivity index (χ4v) is 5.85. The molecule has 2 saturated heterocycles. The minimum absolute atomic E-state index is 0.309. The quantitative estimate of drug-likeness (QED) is 0.670. The predicted molar refractivity (Wildman–Crippen MR) is 133 cm³/mol. The molecule has 0 amide bonds. The minimum atomic E-state index is 0.309. The number of nitrogens with zero attached hydrogens (tertiary/aromatic N) is 7. The van der Waals surface area contributed by atoms with E-state index in [2.05, 4.69) is 44.9 Å². The minimum Gasteiger partial charge on any atom is -0.378 e. The van der Waals surface area contributed by atoms with Crippen molar-refractivity contribution < 1.29 is 4.74 Å². The highest BCUT2D eigenvalue weighted by Crippen LogP contribution is 2.32. The number of morpholine rings is 1. The van der Waals surface area contributed by atoms with Crippen LogP contribution < -0.4 is 9.80 Å². The molecule has 1 saturated carbocycles. The summed E-state index contributed by atoms with van der Waals surface area (Å²) in [5.74, 6) is 2.24. The molecule has 8 nitrogen and oxygen atoms in total. The van der Waals surface area contributed by atoms with Crippen LogP contribution in [0.3, 0.4) is 0 Å². The number of ether oxygens (including phenoxy) is 1. The molecule has 34 heavy (non-hydrogen) atoms. The van der Waals surface area contributed by atoms with Crippen LogP contribution in [0, 0.1) is 0 Å². The number of rotatable bonds is 5. The third-order valence-corrected chi connectivity index (χ3v) is 8.35. The maximum atomic E-state index is 5.47. The van der Waals surface area contributed by atoms with Crippen LogP contribution in [-0.2, 0) is 17.7 Å². The van der Waals surface area contributed by atoms with Crippen LogP contribution in [0.15, 0.2) is 24.7 Å². The van der Waals surface area contributed by atoms with Crippen molar-refractivity contribution in [2.45, 2.75) is 51.2 Å². The van der Waals surface area contributed by atoms with Gasteiger partial charge in [-0.15, -0.1) is 0 Å². The molecule has 4 aliphatic rings. The van der Waals surface area contributed by atoms with Gasteiger partial charge in [0.2, 0.25) is 0 Å². The highest BCUT2D eigenvalue weighted by atomic mass is 16.5. The van der Waals surface area contributed by atoms with Crippen molar-refractivity contribution in [2.24, 2.45) is 0 Å². The first-order chi connectivity index (χ1) is 16.8. The number of hydrogen-bond acceptors (Lipinski definition) is 8. The third kappa shape index (κ3) is 4.39. The van der Waals surface area contributed by atoms with Crippen LogP contribution in [0.2, 0.25) is 0 Å². The molecule has 0 N–H and O–H groups in total. The Bertz CT molecular complexity index is 966. The smallest absolute Gasteiger partial charge is 0.135 e. The molecule has 2 aromatic rings. The highest BCUT2D eigenvalue weighted by molar-refractivity contribution is 5.50. The fourth-order valence-electron chi connectivity index (χ4n) is 5.85. The first-order valence-corrected chi connectivity index (χ1v) is 13.1. The Morgan fingerprint density at radius 1 is 0.912 bits per heavy atom. The van der Waals surface area contributed by atoms with E-state index in [1.165, 1.54) is 55.0 Å². The normalized spacial score (nSPS) is 23.4. The average Bonchev–Trinajstić information content (AvgIpc) is 2.88. The number of fused-ring (bicyclic) bond motifs is 1. The zero-order valence-electron chi connectivity index (χ0n) is 20.4. The monoisotopic (exact) mass is 463 g/mol. The predicted octanol–water partition coefficient (Wildman–Crippen LogP) is 2.50. The Morgan fingerprint density at radius 3 is 2.44 bits per heavy atom. The summed E-state index contributed by atoms with van der Waals surface area (Å²) in [6, 6.07) is 5.56. The summed E-state index contributed by atoms with van der Waals surface area (Å²) in [4.78, 5) is 24.3. The van der Waals surface area contributed by atoms with Gasteiger partial charge in [0.05, 0.1) is 18.9 Å². The zero-order chi connectivity index (χ0) is 22.9. The summed E-state index contributed by atoms with van der Waals surface area (Å²) in [5, 5.41) is 0. The van der Waals surface area contributed by atoms with Crippen molar-refractivity contribution in [3.8, 4) is 0 Å². The van der Waals surface area contributed by atoms with E-state index in [0.29, 0.717) is 6.04 Å². The summed E-state index contributed by atoms with van der Waals surface area (Å²) >= 11 is 0. The molecule has 1 aliphatic carbocycles. The van der Waals surface area contributed by atoms with E-state index in [9.17, 15) is 0 Å². The van der Waals surface area contributed by atoms with Crippen LogP contribution >= 0.6 is 0 Å². The van der Waals surface area contributed by atoms with Gasteiger partial charge < -0.3 is 14.5 Å². The number of piperazine rings is 1. The van der Waals surface area contributed by atoms with Crippen molar-refractivity contribution in [1.29, 1.82) is 0 Å². The molecule has 0 spiro atoms. The van der Waals surface area contributed by atoms with E-state index < -0.39 is 0 Å². The lowest BCUT2D eigenvalue weighted by Gasteiger charge is -2.44. The molecule has 8 heteroatoms. The molecule has 0 aromatic carbocycles. The summed E-state index contributed by atoms with van der Waals surface area (Å²) in [7, 11) is 0. The Balaban J connectivity index is 1.11. The summed E-state index contributed by atoms with van der Waals surface area (Å²) in [6.45, 7) is 12.1. The van der Waals surface area contributed by atoms with Crippen molar-refractivity contribution in [3.05, 3.63) is 41.5 Å². The molecule has 1 atom stereocenters. The molecule has 0 bridgehead atoms. The van der Waals surface area contributed by atoms with Gasteiger partial charge in [-0.25, -0.2) is 15.0 Å². The van der Waals surface area contributed by atoms with E-state index in [0.717, 1.165) is 70.8 Å². The molecular weight excluding hydrogens is 426 g/mol. The average molecular weight is 464 g/mol. The number of hydrogen-bond donors (Lipinski definition) is 0. The van der Waals surface area contributed by atoms with Gasteiger partial charge in [0.1, 0.15) is 18.0 Å². The number of anilines is 2. The Morgan fingerprint density at radius 2 is 1.74 bits per heavy atom. The van der Waals surface area contributed by atoms with Crippen molar-refractivity contribution in [3.63, 3.8) is 0 Å². The van der Waals surface area contributed by atoms with E-state index >= 15 is 0 Å². The van der Waals surface area contributed by atoms with E-state index in [4.69, 9.17) is 19.7 Å². The standard InChI is InChI=1S/C26H37N7O/c1-20(21-5-6-25(27-17-21)31-13-15-34-16-14-31)33-8-7-23-24(18-33)28-19-29-26(23)32-11-9-30(10-12-32)22-3-2-4-22/h5-6,17,19-20,22H,2-4,7-16,18H2,1H3. The molecule has 0 radical (unpaired) electrons. The van der Waals surface area contributed by atoms with Crippen molar-refractivity contribution >= 4 is 11.6 Å². The first-order valence-electron chi connectivity index (χ1n) is 13.1. The van der Waals surface area contributed by atoms with Gasteiger partial charge >= 0.3 is 0 Å². The second-order valence-corrected chi connectivity index (χ2v) is 10.2. The highest BCUT2D eigenvalue weighted by Gasteiger charge is 2.31. The Labute approximate surface area is 202 Å². The van der Waals surface area contributed by atoms with Gasteiger partial charge in [-0.2, -0.15) is 0 Å². The van der Waals surface area contributed by atoms with Crippen LogP contribution in [0.25, 0.3) is 0 Å². The van der Waals surface area contributed by atoms with Crippen LogP contribution in [-0.4, -0.2) is 89.8 Å². The van der Waals surface area contributed by atoms with E-state index in [1.807, 2.05) is 0 Å². The maximum absolute atomic E-state index is 5.47. The molecule has 2 aromatic heterocycles. The second-order valence-electron chi connectivity index (χ2n) is 10.2. The SMILES string of the molecule is CC(c1ccc(N2CCOCC2)nc1)N1CCc2c(ncnc2N2CCN(C3CCC3)CC2)C1. The molecule has 3 aliphatic heterocycles. The number of aromatic nitrogens is 3. The fraction of sp³-hybridized carbons (Fsp3) is 0.654. The van der Waals surface area contributed by atoms with E-state index in [1.54, 1.807) is 6.33 Å². The van der Waals surface area contributed by atoms with Crippen molar-refractivity contribution in [1.82, 2.24) is 24.8 Å². The van der Waals surface area contributed by atoms with Crippen LogP contribution in [0.1, 0.15) is 49.0 Å². The summed E-state index contributed by atoms with van der Waals surface area (Å²) < 4.78 is 5.47. The Kier molecular flexibility index (Phi) is 6.37. The first kappa shape index (κ1) is 22.2. The van der Waals surface area contributed by atoms with Crippen molar-refractivity contribution in [2.75, 3.05) is 68.8 Å². The molecular formula is C26H37N7O. The van der Waals surface area contributed by atoms with Gasteiger partial charge in [0, 0.05) is 76.2 Å². The van der Waals surface area contributed by atoms with Crippen LogP contribution in [0.5, 0.6) is 0 Å². The molecule has 1 unspecified atom stereocenters. The second kappa shape index (κ2) is 9.76. The zero-order valence-corrected chi connectivity index (χ0v) is 20.4. The van der Waals surface area contributed by atoms with Gasteiger partial charge in [0.25, 0.3) is 0 Å².